The van der Waals surface area contributed by atoms with E-state index in [0.717, 1.165) is 0 Å². The zero-order chi connectivity index (χ0) is 20.6. The van der Waals surface area contributed by atoms with Crippen LogP contribution in [0.5, 0.6) is 0 Å². The highest BCUT2D eigenvalue weighted by Crippen LogP contribution is 2.42. The van der Waals surface area contributed by atoms with E-state index in [2.05, 4.69) is 0 Å². The predicted octanol–water partition coefficient (Wildman–Crippen LogP) is 2.05. The van der Waals surface area contributed by atoms with E-state index in [-0.39, 0.29) is 35.9 Å². The molecule has 2 saturated heterocycles. The number of ketones is 1. The molecule has 158 valence electrons. The Balaban J connectivity index is 1.97. The normalized spacial score (nSPS) is 42.5. The average Bonchev–Trinajstić information content (AvgIpc) is 2.93. The van der Waals surface area contributed by atoms with E-state index in [1.165, 1.54) is 0 Å². The van der Waals surface area contributed by atoms with Gasteiger partial charge in [0.25, 0.3) is 0 Å². The van der Waals surface area contributed by atoms with E-state index >= 15 is 0 Å². The zero-order valence-electron chi connectivity index (χ0n) is 16.9. The van der Waals surface area contributed by atoms with Crippen LogP contribution in [-0.2, 0) is 19.1 Å². The molecule has 7 heteroatoms. The lowest BCUT2D eigenvalue weighted by Crippen LogP contribution is -2.41. The van der Waals surface area contributed by atoms with Crippen molar-refractivity contribution in [1.82, 2.24) is 0 Å². The first-order valence-electron chi connectivity index (χ1n) is 10.3. The fraction of sp³-hybridized carbons (Fsp3) is 0.810. The number of aliphatic hydroxyl groups is 3. The molecule has 4 rings (SSSR count). The highest BCUT2D eigenvalue weighted by molar-refractivity contribution is 5.91. The SMILES string of the molecule is CC[C@H]1C(O)=C2CC[C@@]3(C)C[C@H](C)[C@@H](O3)[C@H](O)C[C@@H](CO)C(=O)C[C@H]1OC2=O. The number of esters is 1. The minimum Gasteiger partial charge on any atom is -0.511 e. The molecule has 0 aliphatic carbocycles. The topological polar surface area (TPSA) is 113 Å². The molecule has 0 saturated carbocycles. The summed E-state index contributed by atoms with van der Waals surface area (Å²) in [5, 5.41) is 31.2. The van der Waals surface area contributed by atoms with Crippen LogP contribution in [0, 0.1) is 17.8 Å². The molecule has 0 aromatic carbocycles. The highest BCUT2D eigenvalue weighted by atomic mass is 16.5. The van der Waals surface area contributed by atoms with Gasteiger partial charge in [-0.25, -0.2) is 4.79 Å². The summed E-state index contributed by atoms with van der Waals surface area (Å²) >= 11 is 0. The number of aliphatic hydroxyl groups excluding tert-OH is 3. The van der Waals surface area contributed by atoms with Gasteiger partial charge in [0.05, 0.1) is 35.9 Å². The van der Waals surface area contributed by atoms with Gasteiger partial charge in [0, 0.05) is 12.3 Å². The molecular weight excluding hydrogens is 364 g/mol. The third-order valence-corrected chi connectivity index (χ3v) is 6.68. The average molecular weight is 396 g/mol. The van der Waals surface area contributed by atoms with Crippen molar-refractivity contribution in [3.05, 3.63) is 11.3 Å². The van der Waals surface area contributed by atoms with Gasteiger partial charge in [-0.2, -0.15) is 0 Å². The summed E-state index contributed by atoms with van der Waals surface area (Å²) < 4.78 is 11.7. The molecule has 0 aromatic heterocycles. The Kier molecular flexibility index (Phi) is 6.17. The second-order valence-corrected chi connectivity index (χ2v) is 8.89. The molecule has 0 unspecified atom stereocenters. The van der Waals surface area contributed by atoms with Crippen molar-refractivity contribution in [3.63, 3.8) is 0 Å². The van der Waals surface area contributed by atoms with Crippen molar-refractivity contribution in [2.24, 2.45) is 17.8 Å². The summed E-state index contributed by atoms with van der Waals surface area (Å²) in [5.74, 6) is -1.96. The number of hydrogen-bond acceptors (Lipinski definition) is 7. The van der Waals surface area contributed by atoms with Crippen LogP contribution in [0.1, 0.15) is 59.3 Å². The monoisotopic (exact) mass is 396 g/mol. The second kappa shape index (κ2) is 8.13. The third kappa shape index (κ3) is 3.98. The Labute approximate surface area is 165 Å². The van der Waals surface area contributed by atoms with Crippen LogP contribution in [0.2, 0.25) is 0 Å². The standard InChI is InChI=1S/C21H32O7/c1-4-13-17-8-15(23)12(10-22)7-16(24)19-11(2)9-21(3,28-19)6-5-14(18(13)25)20(26)27-17/h11-13,16-17,19,22,24-25H,4-10H2,1-3H3/t11-,12-,13+,16+,17+,19+,21-/m0/s1. The lowest BCUT2D eigenvalue weighted by atomic mass is 9.84. The van der Waals surface area contributed by atoms with Gasteiger partial charge in [-0.05, 0) is 44.9 Å². The molecule has 0 spiro atoms. The van der Waals surface area contributed by atoms with Crippen molar-refractivity contribution < 1.29 is 34.4 Å². The molecule has 3 N–H and O–H groups in total. The van der Waals surface area contributed by atoms with E-state index in [1.807, 2.05) is 20.8 Å². The minimum atomic E-state index is -0.852. The Morgan fingerprint density at radius 2 is 2.00 bits per heavy atom. The summed E-state index contributed by atoms with van der Waals surface area (Å²) in [6.07, 6.45) is 0.0786. The van der Waals surface area contributed by atoms with Gasteiger partial charge in [-0.1, -0.05) is 13.8 Å². The molecule has 4 bridgehead atoms. The first kappa shape index (κ1) is 21.3. The van der Waals surface area contributed by atoms with Crippen LogP contribution >= 0.6 is 0 Å². The maximum Gasteiger partial charge on any atom is 0.337 e. The van der Waals surface area contributed by atoms with E-state index in [0.29, 0.717) is 25.7 Å². The van der Waals surface area contributed by atoms with E-state index in [4.69, 9.17) is 9.47 Å². The first-order valence-corrected chi connectivity index (χ1v) is 10.3. The van der Waals surface area contributed by atoms with Gasteiger partial charge >= 0.3 is 5.97 Å². The number of rotatable bonds is 2. The van der Waals surface area contributed by atoms with Crippen LogP contribution in [-0.4, -0.2) is 57.6 Å². The lowest BCUT2D eigenvalue weighted by molar-refractivity contribution is -0.153. The lowest BCUT2D eigenvalue weighted by Gasteiger charge is -2.34. The summed E-state index contributed by atoms with van der Waals surface area (Å²) in [7, 11) is 0. The van der Waals surface area contributed by atoms with Crippen molar-refractivity contribution in [2.75, 3.05) is 6.61 Å². The van der Waals surface area contributed by atoms with Crippen LogP contribution in [0.15, 0.2) is 11.3 Å². The molecule has 0 radical (unpaired) electrons. The number of fused-ring (bicyclic) bond motifs is 7. The summed E-state index contributed by atoms with van der Waals surface area (Å²) in [6, 6.07) is 0. The summed E-state index contributed by atoms with van der Waals surface area (Å²) in [5.41, 5.74) is -0.284. The van der Waals surface area contributed by atoms with Crippen LogP contribution < -0.4 is 0 Å². The fourth-order valence-electron chi connectivity index (χ4n) is 5.06. The smallest absolute Gasteiger partial charge is 0.337 e. The third-order valence-electron chi connectivity index (χ3n) is 6.68. The maximum atomic E-state index is 12.8. The Hall–Kier alpha value is -1.44. The van der Waals surface area contributed by atoms with Gasteiger partial charge < -0.3 is 24.8 Å². The first-order chi connectivity index (χ1) is 13.2. The number of carbonyl (C=O) groups is 2. The molecule has 2 fully saturated rings. The van der Waals surface area contributed by atoms with Gasteiger partial charge in [-0.15, -0.1) is 0 Å². The second-order valence-electron chi connectivity index (χ2n) is 8.89. The number of hydrogen-bond donors (Lipinski definition) is 3. The van der Waals surface area contributed by atoms with Gasteiger partial charge in [0.1, 0.15) is 17.6 Å². The van der Waals surface area contributed by atoms with Crippen molar-refractivity contribution in [3.8, 4) is 0 Å². The molecule has 4 aliphatic heterocycles. The quantitative estimate of drug-likeness (QED) is 0.612. The number of carbonyl (C=O) groups excluding carboxylic acids is 2. The molecule has 0 amide bonds. The number of ether oxygens (including phenoxy) is 2. The summed E-state index contributed by atoms with van der Waals surface area (Å²) in [6.45, 7) is 5.43. The number of Topliss-reactive ketones (excluding diaryl/α,β-unsaturated/α-hetero) is 1. The Bertz CT molecular complexity index is 657. The van der Waals surface area contributed by atoms with Crippen molar-refractivity contribution in [1.29, 1.82) is 0 Å². The van der Waals surface area contributed by atoms with Gasteiger partial charge in [0.2, 0.25) is 0 Å². The van der Waals surface area contributed by atoms with Crippen molar-refractivity contribution in [2.45, 2.75) is 83.2 Å². The van der Waals surface area contributed by atoms with E-state index in [9.17, 15) is 24.9 Å². The maximum absolute atomic E-state index is 12.8. The van der Waals surface area contributed by atoms with Gasteiger partial charge in [-0.3, -0.25) is 4.79 Å². The molecule has 28 heavy (non-hydrogen) atoms. The highest BCUT2D eigenvalue weighted by Gasteiger charge is 2.46. The predicted molar refractivity (Wildman–Crippen MR) is 100 cm³/mol. The molecule has 0 aromatic rings. The molecule has 4 heterocycles. The van der Waals surface area contributed by atoms with Crippen LogP contribution in [0.25, 0.3) is 0 Å². The Morgan fingerprint density at radius 1 is 1.29 bits per heavy atom. The Morgan fingerprint density at radius 3 is 2.64 bits per heavy atom. The van der Waals surface area contributed by atoms with Crippen LogP contribution in [0.4, 0.5) is 0 Å². The fourth-order valence-corrected chi connectivity index (χ4v) is 5.06. The molecule has 7 nitrogen and oxygen atoms in total. The molecule has 4 aliphatic rings. The van der Waals surface area contributed by atoms with E-state index < -0.39 is 48.3 Å². The van der Waals surface area contributed by atoms with Gasteiger partial charge in [0.15, 0.2) is 0 Å². The van der Waals surface area contributed by atoms with E-state index in [1.54, 1.807) is 0 Å². The minimum absolute atomic E-state index is 0.0142. The zero-order valence-corrected chi connectivity index (χ0v) is 16.9. The summed E-state index contributed by atoms with van der Waals surface area (Å²) in [4.78, 5) is 25.3. The van der Waals surface area contributed by atoms with Crippen molar-refractivity contribution >= 4 is 11.8 Å². The molecule has 7 atom stereocenters. The van der Waals surface area contributed by atoms with Crippen LogP contribution in [0.3, 0.4) is 0 Å². The molecular formula is C21H32O7. The largest absolute Gasteiger partial charge is 0.511 e.